The summed E-state index contributed by atoms with van der Waals surface area (Å²) in [6.45, 7) is 4.13. The second-order valence-corrected chi connectivity index (χ2v) is 12.4. The Balaban J connectivity index is 1.05. The lowest BCUT2D eigenvalue weighted by Crippen LogP contribution is -2.33. The summed E-state index contributed by atoms with van der Waals surface area (Å²) >= 11 is 6.35. The van der Waals surface area contributed by atoms with Crippen molar-refractivity contribution < 1.29 is 27.0 Å². The van der Waals surface area contributed by atoms with Crippen molar-refractivity contribution in [3.63, 3.8) is 0 Å². The molecule has 2 fully saturated rings. The molecule has 12 heteroatoms. The van der Waals surface area contributed by atoms with E-state index < -0.39 is 23.6 Å². The maximum atomic E-state index is 13.7. The molecule has 2 aromatic heterocycles. The Morgan fingerprint density at radius 1 is 1.07 bits per heavy atom. The molecule has 0 radical (unpaired) electrons. The van der Waals surface area contributed by atoms with Crippen molar-refractivity contribution in [3.8, 4) is 22.9 Å². The summed E-state index contributed by atoms with van der Waals surface area (Å²) in [7, 11) is 0. The first-order valence-electron chi connectivity index (χ1n) is 14.7. The Bertz CT molecular complexity index is 1700. The van der Waals surface area contributed by atoms with Crippen LogP contribution in [0.3, 0.4) is 0 Å². The summed E-state index contributed by atoms with van der Waals surface area (Å²) in [6, 6.07) is 12.0. The molecule has 0 bridgehead atoms. The first-order chi connectivity index (χ1) is 21.1. The van der Waals surface area contributed by atoms with Gasteiger partial charge in [-0.05, 0) is 92.9 Å². The average Bonchev–Trinajstić information content (AvgIpc) is 3.50. The Morgan fingerprint density at radius 2 is 1.86 bits per heavy atom. The standard InChI is InChI=1S/C32H30ClF4N5O2/c1-31(24-8-7-22(34)15-25(24)33)43-27-4-2-3-23(28(27)44-31)19-9-11-42(12-10-19)17-26-20(13-18-5-6-18)14-21(16-38-26)29-39-30(41-40-29)32(35,36)37/h2-4,7-8,14-16,18-19H,5-6,9-13,17H2,1H3,(H,39,40,41). The first-order valence-corrected chi connectivity index (χ1v) is 15.1. The van der Waals surface area contributed by atoms with Gasteiger partial charge in [-0.3, -0.25) is 15.0 Å². The number of likely N-dealkylation sites (tertiary alicyclic amines) is 1. The number of benzene rings is 2. The number of para-hydroxylation sites is 1. The lowest BCUT2D eigenvalue weighted by Gasteiger charge is -2.33. The van der Waals surface area contributed by atoms with Gasteiger partial charge in [0.1, 0.15) is 5.82 Å². The third-order valence-electron chi connectivity index (χ3n) is 8.71. The highest BCUT2D eigenvalue weighted by Gasteiger charge is 2.42. The molecule has 4 heterocycles. The molecule has 1 unspecified atom stereocenters. The molecule has 2 aliphatic heterocycles. The normalized spacial score (nSPS) is 20.8. The first kappa shape index (κ1) is 29.0. The molecule has 1 aliphatic carbocycles. The quantitative estimate of drug-likeness (QED) is 0.212. The van der Waals surface area contributed by atoms with Crippen LogP contribution in [0.4, 0.5) is 17.6 Å². The largest absolute Gasteiger partial charge is 0.451 e. The topological polar surface area (TPSA) is 76.2 Å². The monoisotopic (exact) mass is 627 g/mol. The van der Waals surface area contributed by atoms with Gasteiger partial charge in [-0.15, -0.1) is 0 Å². The molecular formula is C32H30ClF4N5O2. The highest BCUT2D eigenvalue weighted by atomic mass is 35.5. The molecule has 4 aromatic rings. The van der Waals surface area contributed by atoms with Crippen molar-refractivity contribution in [1.82, 2.24) is 25.1 Å². The van der Waals surface area contributed by atoms with Crippen LogP contribution < -0.4 is 9.47 Å². The minimum absolute atomic E-state index is 0.00590. The number of nitrogens with one attached hydrogen (secondary N) is 1. The van der Waals surface area contributed by atoms with Crippen LogP contribution in [0.1, 0.15) is 66.7 Å². The molecule has 1 atom stereocenters. The molecule has 44 heavy (non-hydrogen) atoms. The predicted molar refractivity (Wildman–Crippen MR) is 155 cm³/mol. The number of alkyl halides is 3. The lowest BCUT2D eigenvalue weighted by atomic mass is 9.88. The second-order valence-electron chi connectivity index (χ2n) is 12.0. The molecular weight excluding hydrogens is 598 g/mol. The van der Waals surface area contributed by atoms with E-state index in [9.17, 15) is 17.6 Å². The fourth-order valence-electron chi connectivity index (χ4n) is 6.18. The number of ether oxygens (including phenoxy) is 2. The van der Waals surface area contributed by atoms with Crippen molar-refractivity contribution in [2.24, 2.45) is 5.92 Å². The Hall–Kier alpha value is -3.70. The molecule has 3 aliphatic rings. The van der Waals surface area contributed by atoms with E-state index in [1.807, 2.05) is 23.3 Å². The maximum absolute atomic E-state index is 13.7. The third-order valence-corrected chi connectivity index (χ3v) is 9.02. The van der Waals surface area contributed by atoms with E-state index >= 15 is 0 Å². The maximum Gasteiger partial charge on any atom is 0.451 e. The second kappa shape index (κ2) is 11.0. The van der Waals surface area contributed by atoms with Gasteiger partial charge in [0.25, 0.3) is 5.79 Å². The summed E-state index contributed by atoms with van der Waals surface area (Å²) in [5.74, 6) is -0.557. The minimum atomic E-state index is -4.59. The molecule has 0 amide bonds. The zero-order chi connectivity index (χ0) is 30.6. The molecule has 7 rings (SSSR count). The van der Waals surface area contributed by atoms with Crippen LogP contribution in [-0.2, 0) is 24.9 Å². The van der Waals surface area contributed by atoms with E-state index in [0.29, 0.717) is 35.1 Å². The predicted octanol–water partition coefficient (Wildman–Crippen LogP) is 7.65. The summed E-state index contributed by atoms with van der Waals surface area (Å²) in [6.07, 6.45) is 1.92. The fraction of sp³-hybridized carbons (Fsp3) is 0.406. The molecule has 1 saturated heterocycles. The minimum Gasteiger partial charge on any atom is -0.444 e. The number of piperidine rings is 1. The number of fused-ring (bicyclic) bond motifs is 1. The summed E-state index contributed by atoms with van der Waals surface area (Å²) < 4.78 is 65.5. The molecule has 0 spiro atoms. The molecule has 1 N–H and O–H groups in total. The number of rotatable bonds is 7. The van der Waals surface area contributed by atoms with Crippen LogP contribution in [0.15, 0.2) is 48.7 Å². The molecule has 7 nitrogen and oxygen atoms in total. The summed E-state index contributed by atoms with van der Waals surface area (Å²) in [5, 5.41) is 6.01. The number of pyridine rings is 1. The van der Waals surface area contributed by atoms with Crippen LogP contribution >= 0.6 is 11.6 Å². The van der Waals surface area contributed by atoms with Gasteiger partial charge in [0.15, 0.2) is 17.3 Å². The number of nitrogens with zero attached hydrogens (tertiary/aromatic N) is 4. The van der Waals surface area contributed by atoms with Crippen molar-refractivity contribution in [2.75, 3.05) is 13.1 Å². The van der Waals surface area contributed by atoms with Gasteiger partial charge in [0.05, 0.1) is 16.3 Å². The number of aromatic nitrogens is 4. The van der Waals surface area contributed by atoms with Gasteiger partial charge < -0.3 is 9.47 Å². The number of aromatic amines is 1. The van der Waals surface area contributed by atoms with Crippen LogP contribution in [-0.4, -0.2) is 38.2 Å². The fourth-order valence-corrected chi connectivity index (χ4v) is 6.52. The van der Waals surface area contributed by atoms with Crippen LogP contribution in [0.2, 0.25) is 5.02 Å². The van der Waals surface area contributed by atoms with Gasteiger partial charge in [-0.1, -0.05) is 23.7 Å². The van der Waals surface area contributed by atoms with Crippen LogP contribution in [0.5, 0.6) is 11.5 Å². The van der Waals surface area contributed by atoms with E-state index in [2.05, 4.69) is 21.0 Å². The van der Waals surface area contributed by atoms with E-state index in [0.717, 1.165) is 62.0 Å². The third kappa shape index (κ3) is 5.75. The Labute approximate surface area is 256 Å². The smallest absolute Gasteiger partial charge is 0.444 e. The van der Waals surface area contributed by atoms with Crippen molar-refractivity contribution >= 4 is 11.6 Å². The van der Waals surface area contributed by atoms with Crippen molar-refractivity contribution in [3.05, 3.63) is 87.7 Å². The number of hydrogen-bond donors (Lipinski definition) is 1. The number of H-pyrrole nitrogens is 1. The van der Waals surface area contributed by atoms with Crippen LogP contribution in [0, 0.1) is 11.7 Å². The average molecular weight is 628 g/mol. The van der Waals surface area contributed by atoms with Gasteiger partial charge in [-0.2, -0.15) is 18.3 Å². The Morgan fingerprint density at radius 3 is 2.57 bits per heavy atom. The van der Waals surface area contributed by atoms with Crippen molar-refractivity contribution in [2.45, 2.75) is 63.5 Å². The van der Waals surface area contributed by atoms with Gasteiger partial charge in [0.2, 0.25) is 5.82 Å². The number of halogens is 5. The van der Waals surface area contributed by atoms with E-state index in [1.54, 1.807) is 19.2 Å². The van der Waals surface area contributed by atoms with E-state index in [4.69, 9.17) is 26.1 Å². The Kier molecular flexibility index (Phi) is 7.28. The van der Waals surface area contributed by atoms with Crippen LogP contribution in [0.25, 0.3) is 11.4 Å². The number of hydrogen-bond acceptors (Lipinski definition) is 6. The molecule has 1 saturated carbocycles. The molecule has 2 aromatic carbocycles. The summed E-state index contributed by atoms with van der Waals surface area (Å²) in [5.41, 5.74) is 4.09. The zero-order valence-electron chi connectivity index (χ0n) is 23.9. The van der Waals surface area contributed by atoms with Gasteiger partial charge in [0, 0.05) is 30.8 Å². The lowest BCUT2D eigenvalue weighted by molar-refractivity contribution is -0.144. The van der Waals surface area contributed by atoms with Gasteiger partial charge in [-0.25, -0.2) is 9.37 Å². The SMILES string of the molecule is CC1(c2ccc(F)cc2Cl)Oc2cccc(C3CCN(Cc4ncc(-c5n[nH]c(C(F)(F)F)n5)cc4CC4CC4)CC3)c2O1. The van der Waals surface area contributed by atoms with Gasteiger partial charge >= 0.3 is 6.18 Å². The summed E-state index contributed by atoms with van der Waals surface area (Å²) in [4.78, 5) is 10.7. The zero-order valence-corrected chi connectivity index (χ0v) is 24.7. The highest BCUT2D eigenvalue weighted by molar-refractivity contribution is 6.31. The van der Waals surface area contributed by atoms with E-state index in [-0.39, 0.29) is 16.8 Å². The van der Waals surface area contributed by atoms with Crippen molar-refractivity contribution in [1.29, 1.82) is 0 Å². The van der Waals surface area contributed by atoms with E-state index in [1.165, 1.54) is 12.1 Å². The molecule has 230 valence electrons. The highest BCUT2D eigenvalue weighted by Crippen LogP contribution is 2.50.